The Hall–Kier alpha value is -0.850. The van der Waals surface area contributed by atoms with E-state index in [1.165, 1.54) is 5.57 Å². The maximum atomic E-state index is 4.11. The summed E-state index contributed by atoms with van der Waals surface area (Å²) in [6.45, 7) is 16.0. The van der Waals surface area contributed by atoms with Crippen LogP contribution in [-0.2, 0) is 0 Å². The molecule has 0 rings (SSSR count). The van der Waals surface area contributed by atoms with Gasteiger partial charge in [0.15, 0.2) is 0 Å². The Morgan fingerprint density at radius 3 is 1.64 bits per heavy atom. The SMILES string of the molecule is CC.CC.CC=N/C(C)=C\C(C)=C\C. The third-order valence-corrected chi connectivity index (χ3v) is 1.22. The van der Waals surface area contributed by atoms with E-state index in [-0.39, 0.29) is 0 Å². The van der Waals surface area contributed by atoms with Crippen LogP contribution >= 0.6 is 0 Å². The molecule has 84 valence electrons. The van der Waals surface area contributed by atoms with Gasteiger partial charge in [-0.05, 0) is 33.8 Å². The Balaban J connectivity index is -0.000000266. The van der Waals surface area contributed by atoms with Gasteiger partial charge in [-0.2, -0.15) is 0 Å². The lowest BCUT2D eigenvalue weighted by atomic mass is 10.2. The van der Waals surface area contributed by atoms with Crippen molar-refractivity contribution in [2.75, 3.05) is 0 Å². The Morgan fingerprint density at radius 1 is 0.929 bits per heavy atom. The predicted molar refractivity (Wildman–Crippen MR) is 70.1 cm³/mol. The number of nitrogens with zero attached hydrogens (tertiary/aromatic N) is 1. The molecular formula is C13H27N. The van der Waals surface area contributed by atoms with E-state index in [0.29, 0.717) is 0 Å². The van der Waals surface area contributed by atoms with Crippen LogP contribution in [-0.4, -0.2) is 6.21 Å². The van der Waals surface area contributed by atoms with Gasteiger partial charge in [0.05, 0.1) is 0 Å². The van der Waals surface area contributed by atoms with Crippen molar-refractivity contribution in [3.8, 4) is 0 Å². The van der Waals surface area contributed by atoms with Crippen LogP contribution in [0.25, 0.3) is 0 Å². The highest BCUT2D eigenvalue weighted by Crippen LogP contribution is 2.01. The zero-order valence-electron chi connectivity index (χ0n) is 11.2. The Morgan fingerprint density at radius 2 is 1.36 bits per heavy atom. The predicted octanol–water partition coefficient (Wildman–Crippen LogP) is 5.00. The minimum Gasteiger partial charge on any atom is -0.266 e. The highest BCUT2D eigenvalue weighted by molar-refractivity contribution is 5.55. The van der Waals surface area contributed by atoms with Gasteiger partial charge in [0.1, 0.15) is 0 Å². The van der Waals surface area contributed by atoms with Crippen molar-refractivity contribution in [1.29, 1.82) is 0 Å². The van der Waals surface area contributed by atoms with Crippen molar-refractivity contribution in [2.45, 2.75) is 55.4 Å². The molecule has 0 unspecified atom stereocenters. The fourth-order valence-corrected chi connectivity index (χ4v) is 0.654. The van der Waals surface area contributed by atoms with Crippen LogP contribution in [0.3, 0.4) is 0 Å². The van der Waals surface area contributed by atoms with Gasteiger partial charge >= 0.3 is 0 Å². The molecule has 0 heterocycles. The molecular weight excluding hydrogens is 170 g/mol. The summed E-state index contributed by atoms with van der Waals surface area (Å²) in [5, 5.41) is 0. The van der Waals surface area contributed by atoms with E-state index >= 15 is 0 Å². The van der Waals surface area contributed by atoms with Crippen molar-refractivity contribution in [1.82, 2.24) is 0 Å². The molecule has 0 fully saturated rings. The fourth-order valence-electron chi connectivity index (χ4n) is 0.654. The van der Waals surface area contributed by atoms with Crippen molar-refractivity contribution >= 4 is 6.21 Å². The molecule has 0 N–H and O–H groups in total. The molecule has 0 spiro atoms. The van der Waals surface area contributed by atoms with E-state index in [2.05, 4.69) is 24.1 Å². The summed E-state index contributed by atoms with van der Waals surface area (Å²) in [5.74, 6) is 0. The Bertz CT molecular complexity index is 174. The molecule has 14 heavy (non-hydrogen) atoms. The smallest absolute Gasteiger partial charge is 0.0371 e. The second kappa shape index (κ2) is 18.0. The first kappa shape index (κ1) is 18.8. The van der Waals surface area contributed by atoms with E-state index in [9.17, 15) is 0 Å². The van der Waals surface area contributed by atoms with E-state index in [1.807, 2.05) is 48.5 Å². The summed E-state index contributed by atoms with van der Waals surface area (Å²) in [6.07, 6.45) is 5.92. The zero-order valence-corrected chi connectivity index (χ0v) is 11.2. The molecule has 0 aliphatic heterocycles. The second-order valence-electron chi connectivity index (χ2n) is 2.21. The number of allylic oxidation sites excluding steroid dienone is 4. The monoisotopic (exact) mass is 197 g/mol. The average molecular weight is 197 g/mol. The summed E-state index contributed by atoms with van der Waals surface area (Å²) >= 11 is 0. The van der Waals surface area contributed by atoms with Crippen LogP contribution in [0.4, 0.5) is 0 Å². The number of aliphatic imine (C=N–C) groups is 1. The van der Waals surface area contributed by atoms with Crippen molar-refractivity contribution in [3.63, 3.8) is 0 Å². The number of hydrogen-bond acceptors (Lipinski definition) is 1. The van der Waals surface area contributed by atoms with Gasteiger partial charge in [-0.3, -0.25) is 4.99 Å². The first-order valence-electron chi connectivity index (χ1n) is 5.50. The summed E-state index contributed by atoms with van der Waals surface area (Å²) < 4.78 is 0. The Kier molecular flexibility index (Phi) is 24.3. The minimum absolute atomic E-state index is 1.05. The molecule has 0 atom stereocenters. The average Bonchev–Trinajstić information content (AvgIpc) is 2.24. The molecule has 0 amide bonds. The van der Waals surface area contributed by atoms with Crippen LogP contribution < -0.4 is 0 Å². The van der Waals surface area contributed by atoms with Gasteiger partial charge in [-0.25, -0.2) is 0 Å². The van der Waals surface area contributed by atoms with Crippen molar-refractivity contribution < 1.29 is 0 Å². The lowest BCUT2D eigenvalue weighted by molar-refractivity contribution is 1.28. The van der Waals surface area contributed by atoms with Crippen LogP contribution in [0.15, 0.2) is 28.4 Å². The van der Waals surface area contributed by atoms with E-state index in [1.54, 1.807) is 6.21 Å². The molecule has 0 saturated heterocycles. The molecule has 0 radical (unpaired) electrons. The van der Waals surface area contributed by atoms with Gasteiger partial charge in [-0.15, -0.1) is 0 Å². The molecule has 0 bridgehead atoms. The third-order valence-electron chi connectivity index (χ3n) is 1.22. The molecule has 0 aromatic carbocycles. The molecule has 0 aromatic heterocycles. The number of rotatable bonds is 2. The lowest BCUT2D eigenvalue weighted by Crippen LogP contribution is -1.72. The summed E-state index contributed by atoms with van der Waals surface area (Å²) in [4.78, 5) is 4.11. The van der Waals surface area contributed by atoms with Gasteiger partial charge < -0.3 is 0 Å². The maximum Gasteiger partial charge on any atom is 0.0371 e. The normalized spacial score (nSPS) is 11.4. The minimum atomic E-state index is 1.05. The quantitative estimate of drug-likeness (QED) is 0.436. The molecule has 0 aliphatic carbocycles. The van der Waals surface area contributed by atoms with E-state index < -0.39 is 0 Å². The first-order chi connectivity index (χ1) is 6.70. The largest absolute Gasteiger partial charge is 0.266 e. The Labute approximate surface area is 90.6 Å². The first-order valence-corrected chi connectivity index (χ1v) is 5.50. The molecule has 0 saturated carbocycles. The summed E-state index contributed by atoms with van der Waals surface area (Å²) in [5.41, 5.74) is 2.31. The molecule has 1 nitrogen and oxygen atoms in total. The van der Waals surface area contributed by atoms with Crippen LogP contribution in [0.1, 0.15) is 55.4 Å². The van der Waals surface area contributed by atoms with Crippen LogP contribution in [0.5, 0.6) is 0 Å². The van der Waals surface area contributed by atoms with Crippen LogP contribution in [0.2, 0.25) is 0 Å². The summed E-state index contributed by atoms with van der Waals surface area (Å²) in [6, 6.07) is 0. The van der Waals surface area contributed by atoms with Crippen molar-refractivity contribution in [2.24, 2.45) is 4.99 Å². The lowest BCUT2D eigenvalue weighted by Gasteiger charge is -1.91. The van der Waals surface area contributed by atoms with Gasteiger partial charge in [-0.1, -0.05) is 39.3 Å². The van der Waals surface area contributed by atoms with Gasteiger partial charge in [0, 0.05) is 11.9 Å². The molecule has 0 aliphatic rings. The molecule has 1 heteroatoms. The zero-order chi connectivity index (χ0) is 12.0. The fraction of sp³-hybridized carbons (Fsp3) is 0.615. The van der Waals surface area contributed by atoms with Crippen LogP contribution in [0, 0.1) is 0 Å². The van der Waals surface area contributed by atoms with E-state index in [0.717, 1.165) is 5.70 Å². The summed E-state index contributed by atoms with van der Waals surface area (Å²) in [7, 11) is 0. The van der Waals surface area contributed by atoms with Gasteiger partial charge in [0.25, 0.3) is 0 Å². The number of hydrogen-bond donors (Lipinski definition) is 0. The maximum absolute atomic E-state index is 4.11. The third kappa shape index (κ3) is 17.3. The molecule has 0 aromatic rings. The van der Waals surface area contributed by atoms with E-state index in [4.69, 9.17) is 0 Å². The topological polar surface area (TPSA) is 12.4 Å². The highest BCUT2D eigenvalue weighted by atomic mass is 14.7. The second-order valence-corrected chi connectivity index (χ2v) is 2.21. The van der Waals surface area contributed by atoms with Crippen molar-refractivity contribution in [3.05, 3.63) is 23.4 Å². The highest BCUT2D eigenvalue weighted by Gasteiger charge is 1.81. The van der Waals surface area contributed by atoms with Gasteiger partial charge in [0.2, 0.25) is 0 Å². The standard InChI is InChI=1S/C9H15N.2C2H6/c1-5-8(3)7-9(4)10-6-2;2*1-2/h5-7H,1-4H3;2*1-2H3/b8-5+,9-7-,10-6?;;.